The molecule has 6 atom stereocenters. The maximum atomic E-state index is 17.4. The van der Waals surface area contributed by atoms with E-state index >= 15 is 22.0 Å². The zero-order valence-corrected chi connectivity index (χ0v) is 62.2. The summed E-state index contributed by atoms with van der Waals surface area (Å²) in [5.41, 5.74) is 21.0. The van der Waals surface area contributed by atoms with E-state index in [1.165, 1.54) is 22.3 Å². The molecule has 0 heterocycles. The van der Waals surface area contributed by atoms with E-state index in [-0.39, 0.29) is 41.6 Å². The van der Waals surface area contributed by atoms with Crippen molar-refractivity contribution in [3.63, 3.8) is 0 Å². The molecule has 3 N–H and O–H groups in total. The minimum atomic E-state index is -2.18. The van der Waals surface area contributed by atoms with Gasteiger partial charge in [-0.3, -0.25) is 0 Å². The Morgan fingerprint density at radius 3 is 1.21 bits per heavy atom. The topological polar surface area (TPSA) is 67.2 Å². The number of rotatable bonds is 13. The molecule has 0 fully saturated rings. The van der Waals surface area contributed by atoms with Crippen LogP contribution in [-0.2, 0) is 10.8 Å². The molecule has 12 bridgehead atoms. The van der Waals surface area contributed by atoms with Gasteiger partial charge in [0.05, 0.1) is 16.8 Å². The van der Waals surface area contributed by atoms with E-state index in [0.717, 1.165) is 149 Å². The van der Waals surface area contributed by atoms with Crippen LogP contribution in [0.4, 0.5) is 56.1 Å². The highest BCUT2D eigenvalue weighted by Crippen LogP contribution is 2.67. The van der Waals surface area contributed by atoms with Gasteiger partial charge < -0.3 is 25.1 Å². The number of hydrogen-bond donors (Lipinski definition) is 3. The summed E-state index contributed by atoms with van der Waals surface area (Å²) in [6.07, 6.45) is 19.5. The average Bonchev–Trinajstić information content (AvgIpc) is 1.51. The fraction of sp³-hybridized carbons (Fsp3) is 0.160. The van der Waals surface area contributed by atoms with Gasteiger partial charge in [0, 0.05) is 61.9 Å². The van der Waals surface area contributed by atoms with E-state index in [2.05, 4.69) is 217 Å². The number of hydrogen-bond acceptors (Lipinski definition) is 5. The van der Waals surface area contributed by atoms with Gasteiger partial charge in [-0.2, -0.15) is 0 Å². The van der Waals surface area contributed by atoms with E-state index in [0.29, 0.717) is 59.1 Å². The quantitative estimate of drug-likeness (QED) is 0.0268. The molecular formula is C100H77B2F5N2O3. The minimum Gasteiger partial charge on any atom is -0.505 e. The van der Waals surface area contributed by atoms with Crippen LogP contribution in [-0.4, -0.2) is 31.0 Å². The molecule has 4 unspecified atom stereocenters. The predicted molar refractivity (Wildman–Crippen MR) is 449 cm³/mol. The van der Waals surface area contributed by atoms with Gasteiger partial charge in [0.25, 0.3) is 0 Å². The number of fused-ring (bicyclic) bond motifs is 10. The third kappa shape index (κ3) is 10.1. The summed E-state index contributed by atoms with van der Waals surface area (Å²) in [5.74, 6) is -10.5. The van der Waals surface area contributed by atoms with Gasteiger partial charge in [0.1, 0.15) is 15.7 Å². The lowest BCUT2D eigenvalue weighted by molar-refractivity contribution is 0.352. The van der Waals surface area contributed by atoms with Crippen LogP contribution in [0.15, 0.2) is 301 Å². The molecule has 0 aliphatic heterocycles. The second kappa shape index (κ2) is 26.3. The lowest BCUT2D eigenvalue weighted by Crippen LogP contribution is -2.41. The third-order valence-electron chi connectivity index (χ3n) is 26.4. The van der Waals surface area contributed by atoms with Gasteiger partial charge in [0.15, 0.2) is 40.5 Å². The summed E-state index contributed by atoms with van der Waals surface area (Å²) in [4.78, 5) is 4.52. The summed E-state index contributed by atoms with van der Waals surface area (Å²) in [7, 11) is 3.78. The Hall–Kier alpha value is -12.1. The summed E-state index contributed by atoms with van der Waals surface area (Å²) in [6.45, 7) is 8.62. The molecule has 112 heavy (non-hydrogen) atoms. The third-order valence-corrected chi connectivity index (χ3v) is 26.4. The number of nitrogens with zero attached hydrogens (tertiary/aromatic N) is 2. The first-order valence-electron chi connectivity index (χ1n) is 39.1. The van der Waals surface area contributed by atoms with Crippen LogP contribution in [0.2, 0.25) is 0 Å². The van der Waals surface area contributed by atoms with Crippen LogP contribution in [0.1, 0.15) is 97.6 Å². The first-order chi connectivity index (χ1) is 54.6. The van der Waals surface area contributed by atoms with Gasteiger partial charge >= 0.3 is 0 Å². The largest absolute Gasteiger partial charge is 0.505 e. The Morgan fingerprint density at radius 2 is 0.768 bits per heavy atom. The van der Waals surface area contributed by atoms with Crippen LogP contribution in [0.25, 0.3) is 66.1 Å². The van der Waals surface area contributed by atoms with Crippen molar-refractivity contribution in [3.8, 4) is 50.6 Å². The smallest absolute Gasteiger partial charge is 0.200 e. The highest BCUT2D eigenvalue weighted by Gasteiger charge is 2.56. The Kier molecular flexibility index (Phi) is 16.2. The normalized spacial score (nSPS) is 21.0. The number of phenolic OH excluding ortho intramolecular Hbond substituents is 3. The number of aromatic hydroxyl groups is 3. The van der Waals surface area contributed by atoms with E-state index in [1.807, 2.05) is 76.4 Å². The molecule has 8 aliphatic carbocycles. The molecule has 5 nitrogen and oxygen atoms in total. The fourth-order valence-corrected chi connectivity index (χ4v) is 21.3. The van der Waals surface area contributed by atoms with E-state index in [1.54, 1.807) is 0 Å². The maximum absolute atomic E-state index is 17.4. The molecule has 546 valence electrons. The Balaban J connectivity index is 0.777. The number of phenols is 3. The van der Waals surface area contributed by atoms with E-state index in [9.17, 15) is 15.3 Å². The Labute approximate surface area is 649 Å². The lowest BCUT2D eigenvalue weighted by atomic mass is 9.58. The molecule has 8 aliphatic rings. The number of halogens is 5. The molecule has 0 radical (unpaired) electrons. The zero-order chi connectivity index (χ0) is 76.3. The van der Waals surface area contributed by atoms with Crippen LogP contribution in [0, 0.1) is 52.8 Å². The first kappa shape index (κ1) is 69.1. The van der Waals surface area contributed by atoms with Crippen molar-refractivity contribution in [3.05, 3.63) is 364 Å². The van der Waals surface area contributed by atoms with Gasteiger partial charge in [-0.15, -0.1) is 13.2 Å². The first-order valence-corrected chi connectivity index (χ1v) is 39.1. The van der Waals surface area contributed by atoms with Crippen molar-refractivity contribution in [2.45, 2.75) is 75.0 Å². The average molecular weight is 1470 g/mol. The molecule has 20 rings (SSSR count). The highest BCUT2D eigenvalue weighted by atomic mass is 19.2. The van der Waals surface area contributed by atoms with E-state index < -0.39 is 51.2 Å². The second-order valence-corrected chi connectivity index (χ2v) is 31.8. The summed E-state index contributed by atoms with van der Waals surface area (Å²) in [6, 6.07) is 76.1. The molecule has 0 spiro atoms. The second-order valence-electron chi connectivity index (χ2n) is 31.8. The van der Waals surface area contributed by atoms with Crippen LogP contribution < -0.4 is 20.7 Å². The molecule has 0 aromatic heterocycles. The number of allylic oxidation sites excluding steroid dienone is 14. The molecule has 0 saturated heterocycles. The van der Waals surface area contributed by atoms with Crippen molar-refractivity contribution in [1.82, 2.24) is 0 Å². The van der Waals surface area contributed by atoms with Crippen molar-refractivity contribution < 1.29 is 37.3 Å². The summed E-state index contributed by atoms with van der Waals surface area (Å²) >= 11 is 0. The van der Waals surface area contributed by atoms with Crippen molar-refractivity contribution >= 4 is 93.4 Å². The lowest BCUT2D eigenvalue weighted by Gasteiger charge is -2.43. The molecule has 12 aromatic rings. The number of benzene rings is 12. The van der Waals surface area contributed by atoms with Crippen LogP contribution in [0.3, 0.4) is 0 Å². The van der Waals surface area contributed by atoms with E-state index in [4.69, 9.17) is 0 Å². The van der Waals surface area contributed by atoms with Crippen molar-refractivity contribution in [1.29, 1.82) is 0 Å². The van der Waals surface area contributed by atoms with Crippen LogP contribution >= 0.6 is 0 Å². The zero-order valence-electron chi connectivity index (χ0n) is 62.2. The monoisotopic (exact) mass is 1470 g/mol. The van der Waals surface area contributed by atoms with Gasteiger partial charge in [0.2, 0.25) is 5.82 Å². The highest BCUT2D eigenvalue weighted by molar-refractivity contribution is 6.51. The standard InChI is InChI=1S/C100H77B2F5N2O3/c1-3-57-31-29-55-49-77(57)73-25-15-27-79-85(73)75-43-41-65(51-81(75)99(79,53-55)87-89(101)90(102)97(111)98(112)96(87)110)108(63-37-33-61(34-38-63)59-17-7-5-8-18-59)83-47-45-69(67-21-11-13-23-71(67)83)70-46-48-84(72-24-14-12-22-68(70)72)109(64-39-35-62(36-40-64)60-19-9-6-10-20-60)66-42-44-76-82(52-66)100(88-91(103)93(105)95(107)94(106)92(88)104)54-56-30-32-58(4-2)78(50-56)74-26-16-28-80(100)86(74)76/h3-14,17-26,33-52,57-58,77-78,110-112H,1-2,15-16,27-32,53-54,101-102H2/t57?,58?,77-,78+,99?,100?/m1/s1. The van der Waals surface area contributed by atoms with Gasteiger partial charge in [-0.25, -0.2) is 22.0 Å². The van der Waals surface area contributed by atoms with Crippen molar-refractivity contribution in [2.75, 3.05) is 9.80 Å². The molecule has 12 aromatic carbocycles. The van der Waals surface area contributed by atoms with Crippen LogP contribution in [0.5, 0.6) is 17.2 Å². The fourth-order valence-electron chi connectivity index (χ4n) is 21.3. The maximum Gasteiger partial charge on any atom is 0.200 e. The predicted octanol–water partition coefficient (Wildman–Crippen LogP) is 22.9. The summed E-state index contributed by atoms with van der Waals surface area (Å²) < 4.78 is 82.7. The summed E-state index contributed by atoms with van der Waals surface area (Å²) in [5, 5.41) is 39.8. The van der Waals surface area contributed by atoms with Gasteiger partial charge in [-0.05, 0) is 242 Å². The SMILES string of the molecule is Bc1c(B)c(C23CC4=C[C@@H](C5=CCCC2=C5c2ccc(N(c5ccc(-c6ccccc6)cc5)c5ccc(-c6ccc(N(c7ccc(-c8ccccc8)cc7)c7ccc8c(c7)C7(c9c(F)c(F)c(F)c(F)c9F)CC9=C[C@H](C%10=CCCC7=C%108)C(C=C)CC9)c7ccccc67)c6ccccc56)cc23)C(C=C)CC4)c(O)c(O)c1O. The Morgan fingerprint density at radius 1 is 0.384 bits per heavy atom. The minimum absolute atomic E-state index is 0.0302. The molecule has 12 heteroatoms. The molecule has 0 amide bonds. The Bertz CT molecular complexity index is 5860. The van der Waals surface area contributed by atoms with Gasteiger partial charge in [-0.1, -0.05) is 211 Å². The molecule has 0 saturated carbocycles. The molecular weight excluding hydrogens is 1390 g/mol. The van der Waals surface area contributed by atoms with Crippen molar-refractivity contribution in [2.24, 2.45) is 23.7 Å². The number of anilines is 6.